The van der Waals surface area contributed by atoms with Gasteiger partial charge in [0.25, 0.3) is 5.91 Å². The number of allylic oxidation sites excluding steroid dienone is 1. The predicted molar refractivity (Wildman–Crippen MR) is 68.8 cm³/mol. The maximum Gasteiger partial charge on any atom is 0.263 e. The van der Waals surface area contributed by atoms with Gasteiger partial charge in [-0.25, -0.2) is 4.39 Å². The Morgan fingerprint density at radius 1 is 1.11 bits per heavy atom. The van der Waals surface area contributed by atoms with E-state index in [-0.39, 0.29) is 11.7 Å². The molecule has 0 bridgehead atoms. The molecule has 3 heteroatoms. The molecule has 2 nitrogen and oxygen atoms in total. The van der Waals surface area contributed by atoms with Crippen molar-refractivity contribution in [3.8, 4) is 0 Å². The van der Waals surface area contributed by atoms with Crippen molar-refractivity contribution < 1.29 is 9.18 Å². The molecule has 18 heavy (non-hydrogen) atoms. The zero-order valence-corrected chi connectivity index (χ0v) is 10.2. The van der Waals surface area contributed by atoms with E-state index >= 15 is 0 Å². The summed E-state index contributed by atoms with van der Waals surface area (Å²) >= 11 is 0. The number of carbonyl (C=O) groups excluding carboxylic acids is 1. The Hall–Kier alpha value is -2.16. The van der Waals surface area contributed by atoms with Gasteiger partial charge in [-0.1, -0.05) is 12.1 Å². The number of fused-ring (bicyclic) bond motifs is 1. The fourth-order valence-corrected chi connectivity index (χ4v) is 2.42. The number of rotatable bonds is 1. The van der Waals surface area contributed by atoms with Crippen LogP contribution in [0.3, 0.4) is 0 Å². The zero-order valence-electron chi connectivity index (χ0n) is 10.2. The summed E-state index contributed by atoms with van der Waals surface area (Å²) in [6.45, 7) is 3.89. The third-order valence-corrected chi connectivity index (χ3v) is 3.29. The van der Waals surface area contributed by atoms with Gasteiger partial charge in [0, 0.05) is 11.3 Å². The van der Waals surface area contributed by atoms with Crippen LogP contribution in [0.15, 0.2) is 30.3 Å². The zero-order chi connectivity index (χ0) is 12.9. The molecule has 0 unspecified atom stereocenters. The van der Waals surface area contributed by atoms with Crippen molar-refractivity contribution in [2.45, 2.75) is 13.8 Å². The monoisotopic (exact) mass is 241 g/mol. The molecule has 1 aromatic heterocycles. The molecule has 1 aromatic carbocycles. The van der Waals surface area contributed by atoms with Gasteiger partial charge in [0.05, 0.1) is 5.69 Å². The molecule has 0 spiro atoms. The highest BCUT2D eigenvalue weighted by Crippen LogP contribution is 2.31. The van der Waals surface area contributed by atoms with Crippen molar-refractivity contribution in [2.75, 3.05) is 0 Å². The molecule has 0 amide bonds. The second-order valence-corrected chi connectivity index (χ2v) is 4.56. The molecule has 0 N–H and O–H groups in total. The standard InChI is InChI=1S/C15H12FNO/c1-9-7-10(2)17-14(9)8-13(15(17)18)11-3-5-12(16)6-4-11/h3-8H,1-2H3. The number of aryl methyl sites for hydroxylation is 2. The number of nitrogens with zero attached hydrogens (tertiary/aromatic N) is 1. The molecule has 0 saturated heterocycles. The predicted octanol–water partition coefficient (Wildman–Crippen LogP) is 3.44. The molecule has 3 rings (SSSR count). The molecule has 90 valence electrons. The Morgan fingerprint density at radius 2 is 1.78 bits per heavy atom. The van der Waals surface area contributed by atoms with Crippen LogP contribution in [0.4, 0.5) is 4.39 Å². The quantitative estimate of drug-likeness (QED) is 0.749. The van der Waals surface area contributed by atoms with E-state index in [0.717, 1.165) is 22.5 Å². The van der Waals surface area contributed by atoms with Crippen molar-refractivity contribution in [2.24, 2.45) is 0 Å². The Bertz CT molecular complexity index is 677. The summed E-state index contributed by atoms with van der Waals surface area (Å²) in [5.41, 5.74) is 4.32. The van der Waals surface area contributed by atoms with Gasteiger partial charge in [0.1, 0.15) is 5.82 Å². The number of benzene rings is 1. The Balaban J connectivity index is 2.12. The van der Waals surface area contributed by atoms with Gasteiger partial charge in [-0.3, -0.25) is 9.36 Å². The highest BCUT2D eigenvalue weighted by atomic mass is 19.1. The van der Waals surface area contributed by atoms with Gasteiger partial charge in [-0.15, -0.1) is 0 Å². The van der Waals surface area contributed by atoms with Gasteiger partial charge >= 0.3 is 0 Å². The first-order valence-corrected chi connectivity index (χ1v) is 5.79. The fourth-order valence-electron chi connectivity index (χ4n) is 2.42. The molecule has 1 aliphatic rings. The van der Waals surface area contributed by atoms with Crippen LogP contribution in [0, 0.1) is 19.7 Å². The molecule has 0 atom stereocenters. The van der Waals surface area contributed by atoms with Gasteiger partial charge in [0.2, 0.25) is 0 Å². The van der Waals surface area contributed by atoms with E-state index in [9.17, 15) is 9.18 Å². The Kier molecular flexibility index (Phi) is 2.23. The third kappa shape index (κ3) is 1.44. The minimum atomic E-state index is -0.295. The number of hydrogen-bond donors (Lipinski definition) is 0. The number of hydrogen-bond acceptors (Lipinski definition) is 1. The van der Waals surface area contributed by atoms with Crippen LogP contribution < -0.4 is 0 Å². The summed E-state index contributed by atoms with van der Waals surface area (Å²) in [5.74, 6) is -0.334. The normalized spacial score (nSPS) is 13.7. The van der Waals surface area contributed by atoms with E-state index in [1.165, 1.54) is 12.1 Å². The second kappa shape index (κ2) is 3.67. The van der Waals surface area contributed by atoms with Crippen molar-refractivity contribution in [1.82, 2.24) is 4.57 Å². The van der Waals surface area contributed by atoms with Crippen LogP contribution in [0.2, 0.25) is 0 Å². The fraction of sp³-hybridized carbons (Fsp3) is 0.133. The summed E-state index contributed by atoms with van der Waals surface area (Å²) in [6.07, 6.45) is 1.87. The van der Waals surface area contributed by atoms with E-state index in [2.05, 4.69) is 0 Å². The van der Waals surface area contributed by atoms with Crippen LogP contribution >= 0.6 is 0 Å². The minimum Gasteiger partial charge on any atom is -0.281 e. The lowest BCUT2D eigenvalue weighted by Gasteiger charge is -2.03. The minimum absolute atomic E-state index is 0.0396. The number of carbonyl (C=O) groups is 1. The van der Waals surface area contributed by atoms with Crippen molar-refractivity contribution >= 4 is 17.6 Å². The molecule has 0 aliphatic carbocycles. The maximum atomic E-state index is 12.9. The summed E-state index contributed by atoms with van der Waals surface area (Å²) in [7, 11) is 0. The van der Waals surface area contributed by atoms with Crippen molar-refractivity contribution in [1.29, 1.82) is 0 Å². The topological polar surface area (TPSA) is 22.0 Å². The number of halogens is 1. The van der Waals surface area contributed by atoms with Gasteiger partial charge in [0.15, 0.2) is 0 Å². The molecular weight excluding hydrogens is 229 g/mol. The summed E-state index contributed by atoms with van der Waals surface area (Å²) in [6, 6.07) is 8.01. The van der Waals surface area contributed by atoms with Crippen molar-refractivity contribution in [3.05, 3.63) is 58.7 Å². The van der Waals surface area contributed by atoms with Gasteiger partial charge < -0.3 is 0 Å². The van der Waals surface area contributed by atoms with Crippen LogP contribution in [-0.4, -0.2) is 10.5 Å². The van der Waals surface area contributed by atoms with E-state index < -0.39 is 0 Å². The molecule has 2 aromatic rings. The lowest BCUT2D eigenvalue weighted by Crippen LogP contribution is -2.09. The summed E-state index contributed by atoms with van der Waals surface area (Å²) in [5, 5.41) is 0. The van der Waals surface area contributed by atoms with Crippen LogP contribution in [0.1, 0.15) is 27.3 Å². The lowest BCUT2D eigenvalue weighted by molar-refractivity contribution is 0.0982. The van der Waals surface area contributed by atoms with E-state index in [1.807, 2.05) is 26.0 Å². The van der Waals surface area contributed by atoms with Gasteiger partial charge in [-0.05, 0) is 49.2 Å². The van der Waals surface area contributed by atoms with E-state index in [0.29, 0.717) is 5.57 Å². The maximum absolute atomic E-state index is 12.9. The Morgan fingerprint density at radius 3 is 2.39 bits per heavy atom. The largest absolute Gasteiger partial charge is 0.281 e. The van der Waals surface area contributed by atoms with Gasteiger partial charge in [-0.2, -0.15) is 0 Å². The number of aromatic nitrogens is 1. The molecule has 0 radical (unpaired) electrons. The molecule has 0 saturated carbocycles. The van der Waals surface area contributed by atoms with Crippen LogP contribution in [0.5, 0.6) is 0 Å². The lowest BCUT2D eigenvalue weighted by atomic mass is 10.1. The van der Waals surface area contributed by atoms with E-state index in [4.69, 9.17) is 0 Å². The van der Waals surface area contributed by atoms with Crippen LogP contribution in [0.25, 0.3) is 11.6 Å². The first-order valence-electron chi connectivity index (χ1n) is 5.79. The Labute approximate surface area is 104 Å². The molecule has 2 heterocycles. The summed E-state index contributed by atoms with van der Waals surface area (Å²) < 4.78 is 14.6. The molecule has 1 aliphatic heterocycles. The highest BCUT2D eigenvalue weighted by molar-refractivity contribution is 6.29. The molecular formula is C15H12FNO. The summed E-state index contributed by atoms with van der Waals surface area (Å²) in [4.78, 5) is 12.3. The van der Waals surface area contributed by atoms with Crippen molar-refractivity contribution in [3.63, 3.8) is 0 Å². The third-order valence-electron chi connectivity index (χ3n) is 3.29. The van der Waals surface area contributed by atoms with E-state index in [1.54, 1.807) is 16.7 Å². The molecule has 0 fully saturated rings. The smallest absolute Gasteiger partial charge is 0.263 e. The first kappa shape index (κ1) is 11.0. The second-order valence-electron chi connectivity index (χ2n) is 4.56. The first-order chi connectivity index (χ1) is 8.58. The highest BCUT2D eigenvalue weighted by Gasteiger charge is 2.26. The van der Waals surface area contributed by atoms with Crippen LogP contribution in [-0.2, 0) is 0 Å². The SMILES string of the molecule is Cc1cc(C)n2c1C=C(c1ccc(F)cc1)C2=O. The average molecular weight is 241 g/mol. The average Bonchev–Trinajstić information content (AvgIpc) is 2.81.